The Morgan fingerprint density at radius 3 is 2.79 bits per heavy atom. The summed E-state index contributed by atoms with van der Waals surface area (Å²) < 4.78 is 79.1. The monoisotopic (exact) mass is 488 g/mol. The van der Waals surface area contributed by atoms with Gasteiger partial charge in [0, 0.05) is 31.3 Å². The summed E-state index contributed by atoms with van der Waals surface area (Å²) in [5.74, 6) is -3.91. The van der Waals surface area contributed by atoms with Crippen LogP contribution in [-0.2, 0) is 10.0 Å². The first-order valence-corrected chi connectivity index (χ1v) is 11.6. The second-order valence-electron chi connectivity index (χ2n) is 7.78. The average Bonchev–Trinajstić information content (AvgIpc) is 3.17. The van der Waals surface area contributed by atoms with Crippen LogP contribution in [0.1, 0.15) is 12.2 Å². The van der Waals surface area contributed by atoms with Gasteiger partial charge in [0.25, 0.3) is 12.0 Å². The molecule has 0 bridgehead atoms. The van der Waals surface area contributed by atoms with E-state index in [0.717, 1.165) is 6.26 Å². The second kappa shape index (κ2) is 8.43. The third kappa shape index (κ3) is 4.72. The molecule has 0 spiro atoms. The Labute approximate surface area is 186 Å². The van der Waals surface area contributed by atoms with Crippen molar-refractivity contribution >= 4 is 21.9 Å². The van der Waals surface area contributed by atoms with Crippen LogP contribution in [0.15, 0.2) is 42.4 Å². The van der Waals surface area contributed by atoms with Gasteiger partial charge in [0.15, 0.2) is 5.82 Å². The third-order valence-electron chi connectivity index (χ3n) is 5.50. The van der Waals surface area contributed by atoms with E-state index >= 15 is 0 Å². The molecule has 1 fully saturated rings. The number of imidazole rings is 1. The number of pyridine rings is 1. The van der Waals surface area contributed by atoms with Crippen LogP contribution < -0.4 is 10.3 Å². The number of rotatable bonds is 5. The summed E-state index contributed by atoms with van der Waals surface area (Å²) in [6, 6.07) is 3.23. The number of halogens is 4. The Bertz CT molecular complexity index is 1230. The zero-order chi connectivity index (χ0) is 24.0. The van der Waals surface area contributed by atoms with Gasteiger partial charge in [-0.05, 0) is 24.3 Å². The van der Waals surface area contributed by atoms with Gasteiger partial charge < -0.3 is 4.90 Å². The predicted molar refractivity (Wildman–Crippen MR) is 112 cm³/mol. The highest BCUT2D eigenvalue weighted by atomic mass is 32.2. The SMILES string of the molecule is CS(=O)(=O)N(O)CC1CN(c2cc(-c3cnc4n3NC(=C(F)F)C=C4)ccn2)CCC1(F)F. The van der Waals surface area contributed by atoms with E-state index in [0.29, 0.717) is 22.9 Å². The number of sulfonamides is 1. The van der Waals surface area contributed by atoms with Crippen molar-refractivity contribution in [2.24, 2.45) is 5.92 Å². The fourth-order valence-electron chi connectivity index (χ4n) is 3.68. The van der Waals surface area contributed by atoms with Crippen molar-refractivity contribution < 1.29 is 31.2 Å². The second-order valence-corrected chi connectivity index (χ2v) is 9.67. The highest BCUT2D eigenvalue weighted by Gasteiger charge is 2.46. The van der Waals surface area contributed by atoms with E-state index in [1.165, 1.54) is 29.2 Å². The molecule has 2 N–H and O–H groups in total. The molecule has 0 aromatic carbocycles. The molecule has 0 radical (unpaired) electrons. The molecule has 0 aliphatic carbocycles. The van der Waals surface area contributed by atoms with Gasteiger partial charge in [-0.3, -0.25) is 10.6 Å². The molecule has 0 saturated carbocycles. The molecule has 14 heteroatoms. The lowest BCUT2D eigenvalue weighted by atomic mass is 9.93. The Kier molecular flexibility index (Phi) is 5.92. The highest BCUT2D eigenvalue weighted by Crippen LogP contribution is 2.36. The molecular weight excluding hydrogens is 468 g/mol. The first kappa shape index (κ1) is 23.2. The summed E-state index contributed by atoms with van der Waals surface area (Å²) in [6.45, 7) is -1.06. The molecule has 2 aromatic rings. The molecule has 2 aliphatic rings. The van der Waals surface area contributed by atoms with Crippen LogP contribution in [-0.4, -0.2) is 64.6 Å². The number of aromatic nitrogens is 3. The number of hydrogen-bond donors (Lipinski definition) is 2. The van der Waals surface area contributed by atoms with Gasteiger partial charge in [-0.1, -0.05) is 4.47 Å². The van der Waals surface area contributed by atoms with Crippen molar-refractivity contribution in [3.05, 3.63) is 48.2 Å². The van der Waals surface area contributed by atoms with Crippen LogP contribution in [0.2, 0.25) is 0 Å². The van der Waals surface area contributed by atoms with Crippen molar-refractivity contribution in [3.63, 3.8) is 0 Å². The number of fused-ring (bicyclic) bond motifs is 1. The number of anilines is 1. The van der Waals surface area contributed by atoms with Crippen molar-refractivity contribution in [2.45, 2.75) is 12.3 Å². The zero-order valence-corrected chi connectivity index (χ0v) is 18.1. The van der Waals surface area contributed by atoms with E-state index < -0.39 is 40.9 Å². The Hall–Kier alpha value is -2.97. The third-order valence-corrected chi connectivity index (χ3v) is 6.42. The van der Waals surface area contributed by atoms with E-state index in [1.54, 1.807) is 17.0 Å². The lowest BCUT2D eigenvalue weighted by Gasteiger charge is -2.39. The van der Waals surface area contributed by atoms with E-state index in [1.807, 2.05) is 0 Å². The van der Waals surface area contributed by atoms with Gasteiger partial charge in [0.05, 0.1) is 30.6 Å². The maximum Gasteiger partial charge on any atom is 0.295 e. The number of piperidine rings is 1. The van der Waals surface area contributed by atoms with Crippen LogP contribution in [0.25, 0.3) is 17.3 Å². The van der Waals surface area contributed by atoms with Gasteiger partial charge in [0.1, 0.15) is 11.5 Å². The molecule has 9 nitrogen and oxygen atoms in total. The first-order chi connectivity index (χ1) is 15.5. The first-order valence-electron chi connectivity index (χ1n) is 9.79. The largest absolute Gasteiger partial charge is 0.356 e. The molecule has 178 valence electrons. The minimum absolute atomic E-state index is 0.0459. The predicted octanol–water partition coefficient (Wildman–Crippen LogP) is 2.74. The quantitative estimate of drug-likeness (QED) is 0.493. The zero-order valence-electron chi connectivity index (χ0n) is 17.3. The lowest BCUT2D eigenvalue weighted by Crippen LogP contribution is -2.51. The van der Waals surface area contributed by atoms with Gasteiger partial charge in [-0.25, -0.2) is 31.8 Å². The van der Waals surface area contributed by atoms with Crippen molar-refractivity contribution in [1.29, 1.82) is 0 Å². The molecule has 1 atom stereocenters. The van der Waals surface area contributed by atoms with Crippen LogP contribution in [0.3, 0.4) is 0 Å². The number of alkyl halides is 2. The van der Waals surface area contributed by atoms with Crippen LogP contribution in [0, 0.1) is 5.92 Å². The normalized spacial score (nSPS) is 20.0. The summed E-state index contributed by atoms with van der Waals surface area (Å²) in [4.78, 5) is 9.97. The van der Waals surface area contributed by atoms with E-state index in [2.05, 4.69) is 15.4 Å². The van der Waals surface area contributed by atoms with Crippen molar-refractivity contribution in [2.75, 3.05) is 36.2 Å². The Morgan fingerprint density at radius 2 is 2.09 bits per heavy atom. The molecule has 2 aliphatic heterocycles. The topological polar surface area (TPSA) is 104 Å². The smallest absolute Gasteiger partial charge is 0.295 e. The van der Waals surface area contributed by atoms with Gasteiger partial charge in [-0.15, -0.1) is 0 Å². The molecule has 33 heavy (non-hydrogen) atoms. The molecule has 2 aromatic heterocycles. The Morgan fingerprint density at radius 1 is 1.33 bits per heavy atom. The van der Waals surface area contributed by atoms with E-state index in [9.17, 15) is 31.2 Å². The van der Waals surface area contributed by atoms with Gasteiger partial charge in [0.2, 0.25) is 10.0 Å². The van der Waals surface area contributed by atoms with Gasteiger partial charge >= 0.3 is 0 Å². The number of allylic oxidation sites excluding steroid dienone is 1. The molecule has 1 unspecified atom stereocenters. The number of nitrogens with one attached hydrogen (secondary N) is 1. The summed E-state index contributed by atoms with van der Waals surface area (Å²) in [5, 5.41) is 9.67. The van der Waals surface area contributed by atoms with Crippen LogP contribution in [0.4, 0.5) is 23.4 Å². The summed E-state index contributed by atoms with van der Waals surface area (Å²) in [6.07, 6.45) is 3.84. The summed E-state index contributed by atoms with van der Waals surface area (Å²) >= 11 is 0. The Balaban J connectivity index is 1.60. The minimum atomic E-state index is -4.05. The van der Waals surface area contributed by atoms with Crippen LogP contribution in [0.5, 0.6) is 0 Å². The maximum absolute atomic E-state index is 14.4. The van der Waals surface area contributed by atoms with Crippen LogP contribution >= 0.6 is 0 Å². The summed E-state index contributed by atoms with van der Waals surface area (Å²) in [7, 11) is -4.05. The number of hydroxylamine groups is 1. The minimum Gasteiger partial charge on any atom is -0.356 e. The molecule has 4 heterocycles. The van der Waals surface area contributed by atoms with Gasteiger partial charge in [-0.2, -0.15) is 8.78 Å². The van der Waals surface area contributed by atoms with Crippen molar-refractivity contribution in [3.8, 4) is 11.3 Å². The molecule has 1 saturated heterocycles. The number of hydrogen-bond acceptors (Lipinski definition) is 7. The highest BCUT2D eigenvalue weighted by molar-refractivity contribution is 7.88. The fraction of sp³-hybridized carbons (Fsp3) is 0.368. The van der Waals surface area contributed by atoms with E-state index in [-0.39, 0.29) is 23.3 Å². The fourth-order valence-corrected chi connectivity index (χ4v) is 4.13. The molecular formula is C19H20F4N6O3S. The number of nitrogens with zero attached hydrogens (tertiary/aromatic N) is 5. The van der Waals surface area contributed by atoms with E-state index in [4.69, 9.17) is 0 Å². The molecule has 0 amide bonds. The average molecular weight is 488 g/mol. The molecule has 4 rings (SSSR count). The standard InChI is InChI=1S/C19H20F4N6O3S/c1-33(31,32)28(30)11-13-10-27(7-5-19(13,22)23)17-8-12(4-6-24-17)15-9-25-16-3-2-14(18(20)21)26-29(15)16/h2-4,6,8-9,13,26,30H,5,7,10-11H2,1H3. The lowest BCUT2D eigenvalue weighted by molar-refractivity contribution is -0.106. The maximum atomic E-state index is 14.4. The van der Waals surface area contributed by atoms with Crippen molar-refractivity contribution in [1.82, 2.24) is 19.1 Å². The summed E-state index contributed by atoms with van der Waals surface area (Å²) in [5.41, 5.74) is 3.19.